The van der Waals surface area contributed by atoms with Gasteiger partial charge in [-0.3, -0.25) is 4.79 Å². The number of rotatable bonds is 1. The summed E-state index contributed by atoms with van der Waals surface area (Å²) in [4.78, 5) is 19.3. The highest BCUT2D eigenvalue weighted by Crippen LogP contribution is 2.39. The number of hydrogen-bond donors (Lipinski definition) is 1. The number of hydrogen-bond acceptors (Lipinski definition) is 5. The third kappa shape index (κ3) is 1.97. The number of ketones is 1. The first-order chi connectivity index (χ1) is 11.5. The number of nitrogens with zero attached hydrogens (tertiary/aromatic N) is 3. The molecule has 1 N–H and O–H groups in total. The van der Waals surface area contributed by atoms with E-state index >= 15 is 0 Å². The molecule has 2 aliphatic rings. The number of carbonyl (C=O) groups is 1. The number of benzene rings is 2. The zero-order valence-electron chi connectivity index (χ0n) is 13.2. The van der Waals surface area contributed by atoms with Gasteiger partial charge in [0.15, 0.2) is 5.60 Å². The van der Waals surface area contributed by atoms with Crippen LogP contribution in [0.4, 0.5) is 11.4 Å². The van der Waals surface area contributed by atoms with Gasteiger partial charge in [0.2, 0.25) is 5.78 Å². The van der Waals surface area contributed by atoms with Gasteiger partial charge in [0, 0.05) is 24.2 Å². The normalized spacial score (nSPS) is 21.8. The Bertz CT molecular complexity index is 925. The van der Waals surface area contributed by atoms with Crippen molar-refractivity contribution in [2.24, 2.45) is 4.99 Å². The van der Waals surface area contributed by atoms with E-state index in [1.54, 1.807) is 18.2 Å². The van der Waals surface area contributed by atoms with Crippen LogP contribution < -0.4 is 4.90 Å². The Kier molecular flexibility index (Phi) is 3.05. The van der Waals surface area contributed by atoms with Crippen molar-refractivity contribution in [3.05, 3.63) is 59.2 Å². The number of fused-ring (bicyclic) bond motifs is 2. The number of anilines is 1. The van der Waals surface area contributed by atoms with Crippen molar-refractivity contribution in [1.29, 1.82) is 5.26 Å². The Morgan fingerprint density at radius 3 is 2.71 bits per heavy atom. The topological polar surface area (TPSA) is 76.7 Å². The van der Waals surface area contributed by atoms with Gasteiger partial charge in [0.1, 0.15) is 5.84 Å². The summed E-state index contributed by atoms with van der Waals surface area (Å²) in [6.45, 7) is 2.41. The third-order valence-electron chi connectivity index (χ3n) is 4.63. The van der Waals surface area contributed by atoms with Crippen LogP contribution in [-0.4, -0.2) is 28.9 Å². The number of aliphatic imine (C=N–C) groups is 1. The van der Waals surface area contributed by atoms with Crippen LogP contribution in [0.3, 0.4) is 0 Å². The van der Waals surface area contributed by atoms with Crippen molar-refractivity contribution < 1.29 is 9.90 Å². The van der Waals surface area contributed by atoms with Crippen molar-refractivity contribution in [2.75, 3.05) is 11.4 Å². The van der Waals surface area contributed by atoms with Gasteiger partial charge in [-0.2, -0.15) is 5.26 Å². The highest BCUT2D eigenvalue weighted by Gasteiger charge is 2.52. The minimum absolute atomic E-state index is 0.289. The van der Waals surface area contributed by atoms with Gasteiger partial charge in [-0.25, -0.2) is 4.99 Å². The Morgan fingerprint density at radius 1 is 1.25 bits per heavy atom. The second-order valence-electron chi connectivity index (χ2n) is 6.21. The first-order valence-electron chi connectivity index (χ1n) is 7.77. The lowest BCUT2D eigenvalue weighted by atomic mass is 9.87. The number of amidine groups is 1. The summed E-state index contributed by atoms with van der Waals surface area (Å²) >= 11 is 0. The molecule has 4 rings (SSSR count). The average Bonchev–Trinajstić information content (AvgIpc) is 2.94. The highest BCUT2D eigenvalue weighted by molar-refractivity contribution is 6.28. The summed E-state index contributed by atoms with van der Waals surface area (Å²) in [5.74, 6) is 0.0795. The maximum atomic E-state index is 12.8. The van der Waals surface area contributed by atoms with Crippen LogP contribution in [0, 0.1) is 18.3 Å². The maximum absolute atomic E-state index is 12.8. The molecule has 2 aliphatic heterocycles. The Morgan fingerprint density at radius 2 is 2.00 bits per heavy atom. The lowest BCUT2D eigenvalue weighted by molar-refractivity contribution is 0.0602. The van der Waals surface area contributed by atoms with Gasteiger partial charge < -0.3 is 10.0 Å². The Labute approximate surface area is 139 Å². The van der Waals surface area contributed by atoms with Crippen LogP contribution in [0.5, 0.6) is 0 Å². The van der Waals surface area contributed by atoms with Gasteiger partial charge >= 0.3 is 0 Å². The molecule has 1 atom stereocenters. The molecule has 0 radical (unpaired) electrons. The Balaban J connectivity index is 1.83. The van der Waals surface area contributed by atoms with Gasteiger partial charge in [-0.1, -0.05) is 11.6 Å². The molecule has 2 aromatic carbocycles. The molecule has 5 heteroatoms. The molecule has 0 spiro atoms. The van der Waals surface area contributed by atoms with Gasteiger partial charge in [0.25, 0.3) is 0 Å². The molecule has 2 heterocycles. The molecule has 5 nitrogen and oxygen atoms in total. The maximum Gasteiger partial charge on any atom is 0.204 e. The lowest BCUT2D eigenvalue weighted by Crippen LogP contribution is -2.48. The van der Waals surface area contributed by atoms with Crippen LogP contribution in [0.2, 0.25) is 0 Å². The van der Waals surface area contributed by atoms with E-state index in [9.17, 15) is 9.90 Å². The first kappa shape index (κ1) is 14.6. The summed E-state index contributed by atoms with van der Waals surface area (Å²) in [6, 6.07) is 14.6. The van der Waals surface area contributed by atoms with E-state index in [1.165, 1.54) is 0 Å². The largest absolute Gasteiger partial charge is 0.374 e. The monoisotopic (exact) mass is 317 g/mol. The minimum Gasteiger partial charge on any atom is -0.374 e. The molecule has 0 bridgehead atoms. The second-order valence-corrected chi connectivity index (χ2v) is 6.21. The zero-order chi connectivity index (χ0) is 16.9. The summed E-state index contributed by atoms with van der Waals surface area (Å²) in [5.41, 5.74) is 1.83. The summed E-state index contributed by atoms with van der Waals surface area (Å²) in [6.07, 6.45) is 0.304. The molecule has 2 aromatic rings. The zero-order valence-corrected chi connectivity index (χ0v) is 13.2. The van der Waals surface area contributed by atoms with Crippen LogP contribution in [0.25, 0.3) is 0 Å². The van der Waals surface area contributed by atoms with Crippen LogP contribution >= 0.6 is 0 Å². The molecule has 0 amide bonds. The highest BCUT2D eigenvalue weighted by atomic mass is 16.3. The van der Waals surface area contributed by atoms with E-state index in [4.69, 9.17) is 5.26 Å². The molecule has 24 heavy (non-hydrogen) atoms. The molecular formula is C19H15N3O2. The molecule has 1 fully saturated rings. The Hall–Kier alpha value is -2.97. The van der Waals surface area contributed by atoms with Crippen LogP contribution in [0.1, 0.15) is 27.9 Å². The summed E-state index contributed by atoms with van der Waals surface area (Å²) in [5, 5.41) is 19.9. The van der Waals surface area contributed by atoms with Crippen LogP contribution in [-0.2, 0) is 0 Å². The van der Waals surface area contributed by atoms with Gasteiger partial charge in [-0.05, 0) is 43.3 Å². The molecular weight excluding hydrogens is 302 g/mol. The second kappa shape index (κ2) is 5.02. The number of Topliss-reactive ketones (excluding diaryl/α,β-unsaturated/α-hetero) is 1. The van der Waals surface area contributed by atoms with E-state index < -0.39 is 5.60 Å². The minimum atomic E-state index is -1.57. The molecule has 0 aromatic heterocycles. The van der Waals surface area contributed by atoms with Crippen molar-refractivity contribution >= 4 is 23.0 Å². The SMILES string of the molecule is Cc1ccc2c(c1)C(=O)[C@]1(O)CCN(c3ccc(C#N)cc3)C1=N2. The van der Waals surface area contributed by atoms with E-state index in [2.05, 4.69) is 11.1 Å². The molecule has 118 valence electrons. The van der Waals surface area contributed by atoms with Crippen molar-refractivity contribution in [3.63, 3.8) is 0 Å². The van der Waals surface area contributed by atoms with E-state index in [1.807, 2.05) is 36.1 Å². The third-order valence-corrected chi connectivity index (χ3v) is 4.63. The van der Waals surface area contributed by atoms with Crippen molar-refractivity contribution in [3.8, 4) is 6.07 Å². The fourth-order valence-electron chi connectivity index (χ4n) is 3.32. The summed E-state index contributed by atoms with van der Waals surface area (Å²) in [7, 11) is 0. The number of nitriles is 1. The first-order valence-corrected chi connectivity index (χ1v) is 7.77. The fraction of sp³-hybridized carbons (Fsp3) is 0.211. The molecule has 1 saturated heterocycles. The number of aryl methyl sites for hydroxylation is 1. The molecule has 0 unspecified atom stereocenters. The summed E-state index contributed by atoms with van der Waals surface area (Å²) < 4.78 is 0. The van der Waals surface area contributed by atoms with E-state index in [0.29, 0.717) is 35.6 Å². The fourth-order valence-corrected chi connectivity index (χ4v) is 3.32. The van der Waals surface area contributed by atoms with Crippen molar-refractivity contribution in [2.45, 2.75) is 18.9 Å². The number of carbonyl (C=O) groups excluding carboxylic acids is 1. The average molecular weight is 317 g/mol. The standard InChI is InChI=1S/C19H15N3O2/c1-12-2-7-16-15(10-12)17(23)19(24)8-9-22(18(19)21-16)14-5-3-13(11-20)4-6-14/h2-7,10,24H,8-9H2,1H3/t19-/m1/s1. The van der Waals surface area contributed by atoms with Gasteiger partial charge in [-0.15, -0.1) is 0 Å². The number of aliphatic hydroxyl groups is 1. The predicted octanol–water partition coefficient (Wildman–Crippen LogP) is 2.73. The van der Waals surface area contributed by atoms with Crippen molar-refractivity contribution in [1.82, 2.24) is 0 Å². The predicted molar refractivity (Wildman–Crippen MR) is 90.7 cm³/mol. The van der Waals surface area contributed by atoms with E-state index in [0.717, 1.165) is 11.3 Å². The van der Waals surface area contributed by atoms with Gasteiger partial charge in [0.05, 0.1) is 17.3 Å². The molecule has 0 aliphatic carbocycles. The molecule has 0 saturated carbocycles. The lowest BCUT2D eigenvalue weighted by Gasteiger charge is -2.29. The quantitative estimate of drug-likeness (QED) is 0.877. The van der Waals surface area contributed by atoms with Crippen LogP contribution in [0.15, 0.2) is 47.5 Å². The smallest absolute Gasteiger partial charge is 0.204 e. The van der Waals surface area contributed by atoms with E-state index in [-0.39, 0.29) is 5.78 Å².